The molecule has 6 aromatic rings. The fourth-order valence-electron chi connectivity index (χ4n) is 6.76. The number of hydrogen-bond acceptors (Lipinski definition) is 2. The van der Waals surface area contributed by atoms with Gasteiger partial charge in [0, 0.05) is 11.1 Å². The van der Waals surface area contributed by atoms with Crippen LogP contribution < -0.4 is 9.61 Å². The summed E-state index contributed by atoms with van der Waals surface area (Å²) >= 11 is 0. The number of rotatable bonds is 5. The maximum atomic E-state index is 6.82. The lowest BCUT2D eigenvalue weighted by Gasteiger charge is -2.35. The molecular formula is C39H38N2OSi. The Morgan fingerprint density at radius 3 is 1.95 bits per heavy atom. The zero-order valence-electron chi connectivity index (χ0n) is 25.8. The number of hydrogen-bond donors (Lipinski definition) is 0. The molecule has 0 unspecified atom stereocenters. The molecule has 5 aromatic carbocycles. The Hall–Kier alpha value is -4.41. The van der Waals surface area contributed by atoms with E-state index < -0.39 is 8.32 Å². The molecule has 0 amide bonds. The van der Waals surface area contributed by atoms with Crippen molar-refractivity contribution in [2.75, 3.05) is 0 Å². The highest BCUT2D eigenvalue weighted by atomic mass is 28.4. The molecule has 0 atom stereocenters. The van der Waals surface area contributed by atoms with E-state index in [2.05, 4.69) is 155 Å². The number of fused-ring (bicyclic) bond motifs is 4. The van der Waals surface area contributed by atoms with Gasteiger partial charge in [-0.3, -0.25) is 4.57 Å². The van der Waals surface area contributed by atoms with Crippen LogP contribution in [0.25, 0.3) is 50.4 Å². The van der Waals surface area contributed by atoms with E-state index in [1.165, 1.54) is 38.7 Å². The third-order valence-corrected chi connectivity index (χ3v) is 11.2. The lowest BCUT2D eigenvalue weighted by Crippen LogP contribution is -2.52. The average Bonchev–Trinajstić information content (AvgIpc) is 3.39. The van der Waals surface area contributed by atoms with Crippen molar-refractivity contribution in [2.45, 2.75) is 52.6 Å². The highest BCUT2D eigenvalue weighted by Crippen LogP contribution is 2.42. The summed E-state index contributed by atoms with van der Waals surface area (Å²) in [6.07, 6.45) is 0. The molecule has 1 aromatic heterocycles. The van der Waals surface area contributed by atoms with Crippen LogP contribution in [0.1, 0.15) is 50.7 Å². The van der Waals surface area contributed by atoms with Crippen molar-refractivity contribution in [2.24, 2.45) is 0 Å². The summed E-state index contributed by atoms with van der Waals surface area (Å²) in [5, 5.41) is 1.31. The molecule has 7 rings (SSSR count). The molecule has 4 heteroatoms. The Kier molecular flexibility index (Phi) is 6.63. The van der Waals surface area contributed by atoms with E-state index in [9.17, 15) is 0 Å². The minimum Gasteiger partial charge on any atom is -0.539 e. The largest absolute Gasteiger partial charge is 0.539 e. The smallest absolute Gasteiger partial charge is 0.278 e. The fourth-order valence-corrected chi connectivity index (χ4v) is 9.30. The third kappa shape index (κ3) is 4.52. The molecule has 0 saturated heterocycles. The van der Waals surface area contributed by atoms with Gasteiger partial charge >= 0.3 is 0 Å². The molecule has 214 valence electrons. The van der Waals surface area contributed by atoms with Crippen LogP contribution in [0.4, 0.5) is 0 Å². The van der Waals surface area contributed by atoms with E-state index in [0.29, 0.717) is 11.8 Å². The Bertz CT molecular complexity index is 1960. The first-order valence-electron chi connectivity index (χ1n) is 15.4. The van der Waals surface area contributed by atoms with Crippen LogP contribution in [0.3, 0.4) is 0 Å². The first-order valence-corrected chi connectivity index (χ1v) is 18.3. The van der Waals surface area contributed by atoms with Crippen molar-refractivity contribution in [1.29, 1.82) is 0 Å². The molecule has 0 bridgehead atoms. The van der Waals surface area contributed by atoms with E-state index >= 15 is 0 Å². The standard InChI is InChI=1S/C39H38N2OSi/c1-25(2)32-23-28(27-15-8-7-9-16-27)24-33(26(3)4)37(32)41-35-21-12-11-20-34(35)40-39(41)31-19-14-18-30-29-17-10-13-22-36(29)42-43(5,6)38(30)31/h7-26H,1-6H3. The van der Waals surface area contributed by atoms with Gasteiger partial charge in [-0.05, 0) is 88.3 Å². The van der Waals surface area contributed by atoms with Gasteiger partial charge in [-0.15, -0.1) is 0 Å². The molecule has 2 heterocycles. The van der Waals surface area contributed by atoms with Gasteiger partial charge in [-0.2, -0.15) is 0 Å². The minimum absolute atomic E-state index is 0.316. The van der Waals surface area contributed by atoms with Gasteiger partial charge in [0.25, 0.3) is 8.32 Å². The van der Waals surface area contributed by atoms with Crippen LogP contribution >= 0.6 is 0 Å². The van der Waals surface area contributed by atoms with Gasteiger partial charge in [-0.25, -0.2) is 4.98 Å². The van der Waals surface area contributed by atoms with Crippen molar-refractivity contribution in [3.05, 3.63) is 120 Å². The molecular weight excluding hydrogens is 541 g/mol. The molecule has 0 saturated carbocycles. The maximum Gasteiger partial charge on any atom is 0.278 e. The Morgan fingerprint density at radius 2 is 1.23 bits per heavy atom. The van der Waals surface area contributed by atoms with E-state index in [-0.39, 0.29) is 0 Å². The number of imidazole rings is 1. The second kappa shape index (κ2) is 10.4. The van der Waals surface area contributed by atoms with Gasteiger partial charge < -0.3 is 4.43 Å². The maximum absolute atomic E-state index is 6.82. The summed E-state index contributed by atoms with van der Waals surface area (Å²) in [6, 6.07) is 39.3. The van der Waals surface area contributed by atoms with Crippen LogP contribution in [-0.4, -0.2) is 17.9 Å². The summed E-state index contributed by atoms with van der Waals surface area (Å²) < 4.78 is 9.27. The number of benzene rings is 5. The summed E-state index contributed by atoms with van der Waals surface area (Å²) in [6.45, 7) is 13.9. The minimum atomic E-state index is -2.34. The number of aromatic nitrogens is 2. The van der Waals surface area contributed by atoms with Crippen molar-refractivity contribution in [1.82, 2.24) is 9.55 Å². The summed E-state index contributed by atoms with van der Waals surface area (Å²) in [5.41, 5.74) is 12.1. The SMILES string of the molecule is CC(C)c1cc(-c2ccccc2)cc(C(C)C)c1-n1c(-c2cccc3c2[Si](C)(C)Oc2ccccc2-3)nc2ccccc21. The van der Waals surface area contributed by atoms with Crippen molar-refractivity contribution in [3.8, 4) is 45.1 Å². The van der Waals surface area contributed by atoms with E-state index in [4.69, 9.17) is 9.41 Å². The molecule has 0 radical (unpaired) electrons. The molecule has 1 aliphatic heterocycles. The molecule has 0 spiro atoms. The van der Waals surface area contributed by atoms with Gasteiger partial charge in [-0.1, -0.05) is 107 Å². The molecule has 0 fully saturated rings. The van der Waals surface area contributed by atoms with E-state index in [1.54, 1.807) is 0 Å². The van der Waals surface area contributed by atoms with Gasteiger partial charge in [0.2, 0.25) is 0 Å². The predicted molar refractivity (Wildman–Crippen MR) is 183 cm³/mol. The molecule has 43 heavy (non-hydrogen) atoms. The van der Waals surface area contributed by atoms with E-state index in [0.717, 1.165) is 33.7 Å². The van der Waals surface area contributed by atoms with Crippen molar-refractivity contribution < 1.29 is 4.43 Å². The molecule has 0 N–H and O–H groups in total. The first-order chi connectivity index (χ1) is 20.7. The van der Waals surface area contributed by atoms with Crippen LogP contribution in [0.5, 0.6) is 5.75 Å². The average molecular weight is 579 g/mol. The van der Waals surface area contributed by atoms with Crippen LogP contribution in [0, 0.1) is 0 Å². The van der Waals surface area contributed by atoms with Crippen LogP contribution in [0.2, 0.25) is 13.1 Å². The quantitative estimate of drug-likeness (QED) is 0.190. The predicted octanol–water partition coefficient (Wildman–Crippen LogP) is 10.1. The zero-order valence-corrected chi connectivity index (χ0v) is 26.8. The topological polar surface area (TPSA) is 27.1 Å². The summed E-state index contributed by atoms with van der Waals surface area (Å²) in [4.78, 5) is 5.40. The number of nitrogens with zero attached hydrogens (tertiary/aromatic N) is 2. The third-order valence-electron chi connectivity index (χ3n) is 8.75. The lowest BCUT2D eigenvalue weighted by atomic mass is 9.88. The summed E-state index contributed by atoms with van der Waals surface area (Å²) in [7, 11) is -2.34. The Morgan fingerprint density at radius 1 is 0.628 bits per heavy atom. The monoisotopic (exact) mass is 578 g/mol. The Balaban J connectivity index is 1.58. The first kappa shape index (κ1) is 27.4. The summed E-state index contributed by atoms with van der Waals surface area (Å²) in [5.74, 6) is 2.60. The van der Waals surface area contributed by atoms with Gasteiger partial charge in [0.1, 0.15) is 11.6 Å². The van der Waals surface area contributed by atoms with Gasteiger partial charge in [0.05, 0.1) is 16.7 Å². The van der Waals surface area contributed by atoms with Gasteiger partial charge in [0.15, 0.2) is 0 Å². The lowest BCUT2D eigenvalue weighted by molar-refractivity contribution is 0.563. The second-order valence-electron chi connectivity index (χ2n) is 12.8. The second-order valence-corrected chi connectivity index (χ2v) is 16.5. The van der Waals surface area contributed by atoms with Crippen molar-refractivity contribution >= 4 is 24.5 Å². The molecule has 3 nitrogen and oxygen atoms in total. The highest BCUT2D eigenvalue weighted by Gasteiger charge is 2.39. The zero-order chi connectivity index (χ0) is 29.9. The molecule has 0 aliphatic carbocycles. The number of para-hydroxylation sites is 3. The van der Waals surface area contributed by atoms with E-state index in [1.807, 2.05) is 0 Å². The van der Waals surface area contributed by atoms with Crippen LogP contribution in [0.15, 0.2) is 109 Å². The fraction of sp³-hybridized carbons (Fsp3) is 0.205. The Labute approximate surface area is 256 Å². The molecule has 1 aliphatic rings. The normalized spacial score (nSPS) is 13.7. The highest BCUT2D eigenvalue weighted by molar-refractivity contribution is 6.87. The van der Waals surface area contributed by atoms with Crippen LogP contribution in [-0.2, 0) is 0 Å². The van der Waals surface area contributed by atoms with Crippen molar-refractivity contribution in [3.63, 3.8) is 0 Å².